The molecule has 0 aliphatic heterocycles. The van der Waals surface area contributed by atoms with Crippen LogP contribution in [0.1, 0.15) is 13.8 Å². The predicted octanol–water partition coefficient (Wildman–Crippen LogP) is 0.930. The highest BCUT2D eigenvalue weighted by Crippen LogP contribution is 2.10. The zero-order valence-electron chi connectivity index (χ0n) is 9.82. The smallest absolute Gasteiger partial charge is 0.328 e. The van der Waals surface area contributed by atoms with Crippen LogP contribution in [0.5, 0.6) is 0 Å². The van der Waals surface area contributed by atoms with Gasteiger partial charge >= 0.3 is 5.97 Å². The summed E-state index contributed by atoms with van der Waals surface area (Å²) < 4.78 is 4.57. The van der Waals surface area contributed by atoms with Gasteiger partial charge in [0, 0.05) is 6.54 Å². The summed E-state index contributed by atoms with van der Waals surface area (Å²) >= 11 is 5.72. The highest BCUT2D eigenvalue weighted by Gasteiger charge is 2.15. The molecule has 0 spiro atoms. The molecule has 8 heteroatoms. The standard InChI is InChI=1S/C9H14ClN5O2/c1-4-11-8-13-7(10)14-9(15-8)12-5(2)6(16)17-3/h5H,4H2,1-3H3,(H2,11,12,13,14,15). The molecular formula is C9H14ClN5O2. The molecular weight excluding hydrogens is 246 g/mol. The minimum absolute atomic E-state index is 0.0514. The van der Waals surface area contributed by atoms with Crippen LogP contribution in [0.3, 0.4) is 0 Å². The van der Waals surface area contributed by atoms with Crippen molar-refractivity contribution in [2.75, 3.05) is 24.3 Å². The molecule has 94 valence electrons. The highest BCUT2D eigenvalue weighted by atomic mass is 35.5. The molecule has 7 nitrogen and oxygen atoms in total. The Morgan fingerprint density at radius 1 is 1.41 bits per heavy atom. The lowest BCUT2D eigenvalue weighted by atomic mass is 10.3. The van der Waals surface area contributed by atoms with Crippen LogP contribution in [0.4, 0.5) is 11.9 Å². The van der Waals surface area contributed by atoms with Gasteiger partial charge in [-0.05, 0) is 25.4 Å². The summed E-state index contributed by atoms with van der Waals surface area (Å²) in [5, 5.41) is 5.72. The van der Waals surface area contributed by atoms with Gasteiger partial charge in [-0.1, -0.05) is 0 Å². The van der Waals surface area contributed by atoms with Gasteiger partial charge in [0.15, 0.2) is 0 Å². The number of anilines is 2. The van der Waals surface area contributed by atoms with Gasteiger partial charge in [-0.2, -0.15) is 15.0 Å². The fourth-order valence-electron chi connectivity index (χ4n) is 1.08. The Bertz CT molecular complexity index is 401. The molecule has 0 amide bonds. The van der Waals surface area contributed by atoms with Crippen molar-refractivity contribution >= 4 is 29.5 Å². The third kappa shape index (κ3) is 4.03. The quantitative estimate of drug-likeness (QED) is 0.761. The van der Waals surface area contributed by atoms with Crippen molar-refractivity contribution in [3.8, 4) is 0 Å². The van der Waals surface area contributed by atoms with Gasteiger partial charge in [0.25, 0.3) is 0 Å². The van der Waals surface area contributed by atoms with E-state index in [4.69, 9.17) is 11.6 Å². The van der Waals surface area contributed by atoms with E-state index in [0.717, 1.165) is 0 Å². The molecule has 0 saturated carbocycles. The largest absolute Gasteiger partial charge is 0.467 e. The molecule has 1 aromatic heterocycles. The number of halogens is 1. The maximum atomic E-state index is 11.2. The second-order valence-electron chi connectivity index (χ2n) is 3.17. The van der Waals surface area contributed by atoms with E-state index in [9.17, 15) is 4.79 Å². The Labute approximate surface area is 104 Å². The minimum Gasteiger partial charge on any atom is -0.467 e. The molecule has 0 bridgehead atoms. The summed E-state index contributed by atoms with van der Waals surface area (Å²) in [6, 6.07) is -0.562. The summed E-state index contributed by atoms with van der Waals surface area (Å²) in [7, 11) is 1.31. The van der Waals surface area contributed by atoms with E-state index in [1.807, 2.05) is 6.92 Å². The van der Waals surface area contributed by atoms with Gasteiger partial charge < -0.3 is 15.4 Å². The Balaban J connectivity index is 2.80. The summed E-state index contributed by atoms with van der Waals surface area (Å²) in [4.78, 5) is 23.0. The number of carbonyl (C=O) groups excluding carboxylic acids is 1. The second kappa shape index (κ2) is 6.19. The van der Waals surface area contributed by atoms with Crippen LogP contribution in [-0.2, 0) is 9.53 Å². The summed E-state index contributed by atoms with van der Waals surface area (Å²) in [5.41, 5.74) is 0. The molecule has 1 aromatic rings. The van der Waals surface area contributed by atoms with E-state index in [-0.39, 0.29) is 11.2 Å². The van der Waals surface area contributed by atoms with Crippen molar-refractivity contribution in [1.82, 2.24) is 15.0 Å². The number of hydrogen-bond acceptors (Lipinski definition) is 7. The molecule has 0 saturated heterocycles. The third-order valence-corrected chi connectivity index (χ3v) is 2.01. The number of nitrogens with one attached hydrogen (secondary N) is 2. The van der Waals surface area contributed by atoms with Gasteiger partial charge in [0.1, 0.15) is 6.04 Å². The van der Waals surface area contributed by atoms with Crippen molar-refractivity contribution in [2.24, 2.45) is 0 Å². The SMILES string of the molecule is CCNc1nc(Cl)nc(NC(C)C(=O)OC)n1. The van der Waals surface area contributed by atoms with Gasteiger partial charge in [0.05, 0.1) is 7.11 Å². The fraction of sp³-hybridized carbons (Fsp3) is 0.556. The molecule has 2 N–H and O–H groups in total. The number of ether oxygens (including phenoxy) is 1. The average Bonchev–Trinajstić information content (AvgIpc) is 2.27. The lowest BCUT2D eigenvalue weighted by molar-refractivity contribution is -0.141. The molecule has 1 heterocycles. The first-order valence-electron chi connectivity index (χ1n) is 5.06. The van der Waals surface area contributed by atoms with Crippen molar-refractivity contribution in [1.29, 1.82) is 0 Å². The first kappa shape index (κ1) is 13.4. The highest BCUT2D eigenvalue weighted by molar-refractivity contribution is 6.28. The zero-order chi connectivity index (χ0) is 12.8. The molecule has 0 aliphatic rings. The zero-order valence-corrected chi connectivity index (χ0v) is 10.6. The van der Waals surface area contributed by atoms with Crippen molar-refractivity contribution in [3.05, 3.63) is 5.28 Å². The number of hydrogen-bond donors (Lipinski definition) is 2. The Hall–Kier alpha value is -1.63. The van der Waals surface area contributed by atoms with E-state index in [2.05, 4.69) is 30.3 Å². The lowest BCUT2D eigenvalue weighted by Gasteiger charge is -2.11. The van der Waals surface area contributed by atoms with Crippen molar-refractivity contribution < 1.29 is 9.53 Å². The van der Waals surface area contributed by atoms with Crippen molar-refractivity contribution in [3.63, 3.8) is 0 Å². The van der Waals surface area contributed by atoms with Gasteiger partial charge in [-0.3, -0.25) is 0 Å². The minimum atomic E-state index is -0.562. The van der Waals surface area contributed by atoms with E-state index >= 15 is 0 Å². The maximum absolute atomic E-state index is 11.2. The Morgan fingerprint density at radius 2 is 2.06 bits per heavy atom. The van der Waals surface area contributed by atoms with Gasteiger partial charge in [-0.25, -0.2) is 4.79 Å². The van der Waals surface area contributed by atoms with Crippen LogP contribution in [0.25, 0.3) is 0 Å². The van der Waals surface area contributed by atoms with Crippen LogP contribution in [0, 0.1) is 0 Å². The molecule has 1 unspecified atom stereocenters. The normalized spacial score (nSPS) is 11.8. The van der Waals surface area contributed by atoms with E-state index in [0.29, 0.717) is 12.5 Å². The van der Waals surface area contributed by atoms with Gasteiger partial charge in [-0.15, -0.1) is 0 Å². The molecule has 0 radical (unpaired) electrons. The van der Waals surface area contributed by atoms with E-state index in [1.54, 1.807) is 6.92 Å². The first-order chi connectivity index (χ1) is 8.06. The Morgan fingerprint density at radius 3 is 2.65 bits per heavy atom. The summed E-state index contributed by atoms with van der Waals surface area (Å²) in [6.45, 7) is 4.20. The average molecular weight is 260 g/mol. The lowest BCUT2D eigenvalue weighted by Crippen LogP contribution is -2.28. The number of aromatic nitrogens is 3. The van der Waals surface area contributed by atoms with Crippen LogP contribution in [-0.4, -0.2) is 40.6 Å². The number of methoxy groups -OCH3 is 1. The molecule has 0 fully saturated rings. The molecule has 1 atom stereocenters. The molecule has 0 aliphatic carbocycles. The molecule has 17 heavy (non-hydrogen) atoms. The summed E-state index contributed by atoms with van der Waals surface area (Å²) in [5.74, 6) is 0.164. The summed E-state index contributed by atoms with van der Waals surface area (Å²) in [6.07, 6.45) is 0. The fourth-order valence-corrected chi connectivity index (χ4v) is 1.24. The van der Waals surface area contributed by atoms with Crippen LogP contribution in [0.2, 0.25) is 5.28 Å². The second-order valence-corrected chi connectivity index (χ2v) is 3.51. The number of carbonyl (C=O) groups is 1. The predicted molar refractivity (Wildman–Crippen MR) is 64.1 cm³/mol. The molecule has 1 rings (SSSR count). The monoisotopic (exact) mass is 259 g/mol. The van der Waals surface area contributed by atoms with Crippen LogP contribution in [0.15, 0.2) is 0 Å². The van der Waals surface area contributed by atoms with Crippen LogP contribution < -0.4 is 10.6 Å². The first-order valence-corrected chi connectivity index (χ1v) is 5.44. The van der Waals surface area contributed by atoms with E-state index in [1.165, 1.54) is 7.11 Å². The van der Waals surface area contributed by atoms with E-state index < -0.39 is 12.0 Å². The van der Waals surface area contributed by atoms with Crippen molar-refractivity contribution in [2.45, 2.75) is 19.9 Å². The number of rotatable bonds is 5. The topological polar surface area (TPSA) is 89.0 Å². The van der Waals surface area contributed by atoms with Crippen LogP contribution >= 0.6 is 11.6 Å². The Kier molecular flexibility index (Phi) is 4.89. The number of nitrogens with zero attached hydrogens (tertiary/aromatic N) is 3. The molecule has 0 aromatic carbocycles. The van der Waals surface area contributed by atoms with Gasteiger partial charge in [0.2, 0.25) is 17.2 Å². The maximum Gasteiger partial charge on any atom is 0.328 e. The third-order valence-electron chi connectivity index (χ3n) is 1.84. The number of esters is 1.